The van der Waals surface area contributed by atoms with Crippen molar-refractivity contribution in [2.45, 2.75) is 25.7 Å². The van der Waals surface area contributed by atoms with Gasteiger partial charge >= 0.3 is 0 Å². The van der Waals surface area contributed by atoms with E-state index in [9.17, 15) is 4.79 Å². The number of allylic oxidation sites excluding steroid dienone is 1. The van der Waals surface area contributed by atoms with Gasteiger partial charge in [0, 0.05) is 6.42 Å². The molecule has 0 unspecified atom stereocenters. The van der Waals surface area contributed by atoms with Gasteiger partial charge in [-0.1, -0.05) is 6.08 Å². The van der Waals surface area contributed by atoms with E-state index in [-0.39, 0.29) is 5.91 Å². The second kappa shape index (κ2) is 7.28. The zero-order chi connectivity index (χ0) is 8.53. The first kappa shape index (κ1) is 10.2. The number of nitrogens with one attached hydrogen (secondary N) is 1. The Labute approximate surface area is 67.4 Å². The molecule has 0 fully saturated rings. The number of rotatable bonds is 6. The molecular weight excluding hydrogens is 142 g/mol. The van der Waals surface area contributed by atoms with Crippen LogP contribution in [0.5, 0.6) is 0 Å². The summed E-state index contributed by atoms with van der Waals surface area (Å²) in [7, 11) is 1.43. The predicted molar refractivity (Wildman–Crippen MR) is 43.8 cm³/mol. The number of carbonyl (C=O) groups is 1. The van der Waals surface area contributed by atoms with E-state index in [0.29, 0.717) is 6.42 Å². The van der Waals surface area contributed by atoms with Crippen molar-refractivity contribution in [1.29, 1.82) is 0 Å². The van der Waals surface area contributed by atoms with Gasteiger partial charge in [-0.15, -0.1) is 6.58 Å². The monoisotopic (exact) mass is 157 g/mol. The summed E-state index contributed by atoms with van der Waals surface area (Å²) in [6.07, 6.45) is 5.26. The minimum atomic E-state index is -0.0587. The van der Waals surface area contributed by atoms with E-state index in [1.807, 2.05) is 6.08 Å². The number of hydrogen-bond acceptors (Lipinski definition) is 2. The summed E-state index contributed by atoms with van der Waals surface area (Å²) in [5.74, 6) is -0.0587. The topological polar surface area (TPSA) is 38.3 Å². The van der Waals surface area contributed by atoms with Gasteiger partial charge in [-0.2, -0.15) is 0 Å². The summed E-state index contributed by atoms with van der Waals surface area (Å²) in [4.78, 5) is 15.2. The van der Waals surface area contributed by atoms with Gasteiger partial charge in [0.15, 0.2) is 0 Å². The molecule has 0 aliphatic rings. The molecule has 0 spiro atoms. The molecule has 3 nitrogen and oxygen atoms in total. The number of hydrogen-bond donors (Lipinski definition) is 1. The predicted octanol–water partition coefficient (Wildman–Crippen LogP) is 1.41. The second-order valence-electron chi connectivity index (χ2n) is 2.26. The molecule has 3 heteroatoms. The molecule has 64 valence electrons. The van der Waals surface area contributed by atoms with Crippen molar-refractivity contribution in [1.82, 2.24) is 5.48 Å². The summed E-state index contributed by atoms with van der Waals surface area (Å²) >= 11 is 0. The highest BCUT2D eigenvalue weighted by Gasteiger charge is 1.97. The van der Waals surface area contributed by atoms with Gasteiger partial charge in [0.1, 0.15) is 0 Å². The van der Waals surface area contributed by atoms with Crippen LogP contribution in [-0.4, -0.2) is 13.0 Å². The third-order valence-corrected chi connectivity index (χ3v) is 1.28. The Bertz CT molecular complexity index is 123. The fourth-order valence-corrected chi connectivity index (χ4v) is 0.739. The molecule has 0 radical (unpaired) electrons. The Balaban J connectivity index is 3.10. The highest BCUT2D eigenvalue weighted by molar-refractivity contribution is 5.74. The number of hydroxylamine groups is 1. The lowest BCUT2D eigenvalue weighted by Crippen LogP contribution is -2.21. The maximum atomic E-state index is 10.7. The zero-order valence-electron chi connectivity index (χ0n) is 6.93. The average Bonchev–Trinajstić information content (AvgIpc) is 1.99. The quantitative estimate of drug-likeness (QED) is 0.359. The van der Waals surface area contributed by atoms with Crippen molar-refractivity contribution in [3.63, 3.8) is 0 Å². The van der Waals surface area contributed by atoms with Crippen LogP contribution in [0.2, 0.25) is 0 Å². The lowest BCUT2D eigenvalue weighted by Gasteiger charge is -1.99. The largest absolute Gasteiger partial charge is 0.277 e. The molecule has 0 atom stereocenters. The molecule has 1 amide bonds. The van der Waals surface area contributed by atoms with Crippen LogP contribution in [0, 0.1) is 0 Å². The van der Waals surface area contributed by atoms with Crippen molar-refractivity contribution in [2.24, 2.45) is 0 Å². The SMILES string of the molecule is C=CCCCCC(=O)NOC. The maximum Gasteiger partial charge on any atom is 0.243 e. The van der Waals surface area contributed by atoms with E-state index < -0.39 is 0 Å². The molecule has 0 saturated heterocycles. The van der Waals surface area contributed by atoms with Gasteiger partial charge in [-0.25, -0.2) is 5.48 Å². The fourth-order valence-electron chi connectivity index (χ4n) is 0.739. The van der Waals surface area contributed by atoms with Crippen LogP contribution in [0.1, 0.15) is 25.7 Å². The third kappa shape index (κ3) is 7.06. The van der Waals surface area contributed by atoms with Crippen molar-refractivity contribution in [2.75, 3.05) is 7.11 Å². The Morgan fingerprint density at radius 2 is 2.36 bits per heavy atom. The first-order chi connectivity index (χ1) is 5.31. The molecule has 11 heavy (non-hydrogen) atoms. The van der Waals surface area contributed by atoms with E-state index in [2.05, 4.69) is 16.9 Å². The van der Waals surface area contributed by atoms with Gasteiger partial charge in [0.05, 0.1) is 7.11 Å². The molecular formula is C8H15NO2. The average molecular weight is 157 g/mol. The first-order valence-corrected chi connectivity index (χ1v) is 3.74. The summed E-state index contributed by atoms with van der Waals surface area (Å²) in [6.45, 7) is 3.59. The van der Waals surface area contributed by atoms with Crippen LogP contribution in [-0.2, 0) is 9.63 Å². The summed E-state index contributed by atoms with van der Waals surface area (Å²) in [6, 6.07) is 0. The van der Waals surface area contributed by atoms with E-state index in [1.165, 1.54) is 7.11 Å². The summed E-state index contributed by atoms with van der Waals surface area (Å²) in [5, 5.41) is 0. The van der Waals surface area contributed by atoms with Crippen LogP contribution in [0.4, 0.5) is 0 Å². The minimum absolute atomic E-state index is 0.0587. The van der Waals surface area contributed by atoms with E-state index in [1.54, 1.807) is 0 Å². The molecule has 0 rings (SSSR count). The Morgan fingerprint density at radius 1 is 1.64 bits per heavy atom. The number of carbonyl (C=O) groups excluding carboxylic acids is 1. The van der Waals surface area contributed by atoms with Gasteiger partial charge < -0.3 is 0 Å². The first-order valence-electron chi connectivity index (χ1n) is 3.74. The highest BCUT2D eigenvalue weighted by Crippen LogP contribution is 1.99. The Morgan fingerprint density at radius 3 is 2.91 bits per heavy atom. The standard InChI is InChI=1S/C8H15NO2/c1-3-4-5-6-7-8(10)9-11-2/h3H,1,4-7H2,2H3,(H,9,10). The molecule has 0 bridgehead atoms. The van der Waals surface area contributed by atoms with Crippen LogP contribution in [0.15, 0.2) is 12.7 Å². The molecule has 0 aromatic heterocycles. The Hall–Kier alpha value is -0.830. The third-order valence-electron chi connectivity index (χ3n) is 1.28. The van der Waals surface area contributed by atoms with Crippen molar-refractivity contribution >= 4 is 5.91 Å². The van der Waals surface area contributed by atoms with Crippen LogP contribution in [0.3, 0.4) is 0 Å². The molecule has 0 saturated carbocycles. The van der Waals surface area contributed by atoms with Crippen LogP contribution in [0.25, 0.3) is 0 Å². The van der Waals surface area contributed by atoms with E-state index in [0.717, 1.165) is 19.3 Å². The lowest BCUT2D eigenvalue weighted by atomic mass is 10.2. The molecule has 0 aliphatic carbocycles. The smallest absolute Gasteiger partial charge is 0.243 e. The number of amides is 1. The molecule has 0 aromatic rings. The van der Waals surface area contributed by atoms with Crippen molar-refractivity contribution < 1.29 is 9.63 Å². The van der Waals surface area contributed by atoms with Crippen molar-refractivity contribution in [3.8, 4) is 0 Å². The van der Waals surface area contributed by atoms with Crippen LogP contribution >= 0.6 is 0 Å². The molecule has 0 aromatic carbocycles. The highest BCUT2D eigenvalue weighted by atomic mass is 16.6. The second-order valence-corrected chi connectivity index (χ2v) is 2.26. The van der Waals surface area contributed by atoms with Gasteiger partial charge in [0.25, 0.3) is 0 Å². The Kier molecular flexibility index (Phi) is 6.73. The van der Waals surface area contributed by atoms with E-state index >= 15 is 0 Å². The molecule has 0 heterocycles. The van der Waals surface area contributed by atoms with Crippen LogP contribution < -0.4 is 5.48 Å². The minimum Gasteiger partial charge on any atom is -0.277 e. The summed E-state index contributed by atoms with van der Waals surface area (Å²) < 4.78 is 0. The maximum absolute atomic E-state index is 10.7. The lowest BCUT2D eigenvalue weighted by molar-refractivity contribution is -0.131. The van der Waals surface area contributed by atoms with E-state index in [4.69, 9.17) is 0 Å². The van der Waals surface area contributed by atoms with Gasteiger partial charge in [-0.3, -0.25) is 9.63 Å². The van der Waals surface area contributed by atoms with Gasteiger partial charge in [-0.05, 0) is 19.3 Å². The number of unbranched alkanes of at least 4 members (excludes halogenated alkanes) is 2. The molecule has 0 aliphatic heterocycles. The normalized spacial score (nSPS) is 9.18. The van der Waals surface area contributed by atoms with Crippen molar-refractivity contribution in [3.05, 3.63) is 12.7 Å². The van der Waals surface area contributed by atoms with Gasteiger partial charge in [0.2, 0.25) is 5.91 Å². The molecule has 1 N–H and O–H groups in total. The fraction of sp³-hybridized carbons (Fsp3) is 0.625. The zero-order valence-corrected chi connectivity index (χ0v) is 6.93. The summed E-state index contributed by atoms with van der Waals surface area (Å²) in [5.41, 5.74) is 2.26.